The zero-order valence-electron chi connectivity index (χ0n) is 17.4. The van der Waals surface area contributed by atoms with E-state index in [0.717, 1.165) is 5.56 Å². The summed E-state index contributed by atoms with van der Waals surface area (Å²) in [5, 5.41) is 22.1. The number of carbonyl (C=O) groups is 1. The monoisotopic (exact) mass is 424 g/mol. The molecule has 1 atom stereocenters. The molecule has 3 aromatic rings. The van der Waals surface area contributed by atoms with Gasteiger partial charge in [-0.15, -0.1) is 0 Å². The van der Waals surface area contributed by atoms with Gasteiger partial charge < -0.3 is 9.47 Å². The van der Waals surface area contributed by atoms with Crippen molar-refractivity contribution in [3.63, 3.8) is 0 Å². The molecule has 0 saturated heterocycles. The highest BCUT2D eigenvalue weighted by molar-refractivity contribution is 5.88. The van der Waals surface area contributed by atoms with Crippen LogP contribution in [0.5, 0.6) is 11.5 Å². The smallest absolute Gasteiger partial charge is 0.261 e. The third kappa shape index (κ3) is 5.71. The summed E-state index contributed by atoms with van der Waals surface area (Å²) < 4.78 is 11.2. The normalized spacial score (nSPS) is 11.2. The molecule has 158 valence electrons. The summed E-state index contributed by atoms with van der Waals surface area (Å²) in [6, 6.07) is 25.2. The first-order valence-corrected chi connectivity index (χ1v) is 9.72. The summed E-state index contributed by atoms with van der Waals surface area (Å²) in [4.78, 5) is 12.3. The maximum absolute atomic E-state index is 12.3. The fraction of sp³-hybridized carbons (Fsp3) is 0.120. The molecule has 0 aliphatic carbocycles. The summed E-state index contributed by atoms with van der Waals surface area (Å²) in [7, 11) is 1.53. The number of rotatable bonds is 8. The summed E-state index contributed by atoms with van der Waals surface area (Å²) in [6.45, 7) is 0.320. The molecule has 3 rings (SSSR count). The van der Waals surface area contributed by atoms with E-state index in [1.165, 1.54) is 13.3 Å². The quantitative estimate of drug-likeness (QED) is 0.436. The minimum atomic E-state index is -0.944. The first kappa shape index (κ1) is 22.1. The Bertz CT molecular complexity index is 1180. The lowest BCUT2D eigenvalue weighted by molar-refractivity contribution is -0.121. The van der Waals surface area contributed by atoms with Crippen molar-refractivity contribution in [1.29, 1.82) is 10.5 Å². The van der Waals surface area contributed by atoms with Crippen LogP contribution in [0, 0.1) is 22.7 Å². The van der Waals surface area contributed by atoms with Gasteiger partial charge in [-0.1, -0.05) is 42.5 Å². The van der Waals surface area contributed by atoms with Gasteiger partial charge in [-0.3, -0.25) is 4.79 Å². The van der Waals surface area contributed by atoms with Crippen molar-refractivity contribution in [1.82, 2.24) is 5.43 Å². The molecule has 0 fully saturated rings. The molecule has 3 aromatic carbocycles. The SMILES string of the molecule is COc1cc(/C=N\NC(=O)[C@H](C#N)c2ccccc2)ccc1OCc1ccc(C#N)cc1. The number of benzene rings is 3. The third-order valence-corrected chi connectivity index (χ3v) is 4.58. The van der Waals surface area contributed by atoms with Gasteiger partial charge in [0.15, 0.2) is 17.4 Å². The van der Waals surface area contributed by atoms with Crippen LogP contribution in [0.25, 0.3) is 0 Å². The molecule has 1 N–H and O–H groups in total. The van der Waals surface area contributed by atoms with Crippen LogP contribution in [-0.4, -0.2) is 19.2 Å². The van der Waals surface area contributed by atoms with Crippen LogP contribution in [0.15, 0.2) is 77.9 Å². The first-order valence-electron chi connectivity index (χ1n) is 9.72. The van der Waals surface area contributed by atoms with Crippen LogP contribution in [0.4, 0.5) is 0 Å². The van der Waals surface area contributed by atoms with Crippen LogP contribution in [0.2, 0.25) is 0 Å². The lowest BCUT2D eigenvalue weighted by atomic mass is 10.0. The highest BCUT2D eigenvalue weighted by atomic mass is 16.5. The van der Waals surface area contributed by atoms with Gasteiger partial charge in [0.1, 0.15) is 6.61 Å². The van der Waals surface area contributed by atoms with E-state index in [1.54, 1.807) is 54.6 Å². The number of hydrazone groups is 1. The fourth-order valence-electron chi connectivity index (χ4n) is 2.89. The molecule has 0 bridgehead atoms. The average molecular weight is 424 g/mol. The van der Waals surface area contributed by atoms with Crippen molar-refractivity contribution in [3.05, 3.63) is 95.1 Å². The number of hydrogen-bond donors (Lipinski definition) is 1. The largest absolute Gasteiger partial charge is 0.493 e. The number of nitrogens with one attached hydrogen (secondary N) is 1. The summed E-state index contributed by atoms with van der Waals surface area (Å²) in [5.74, 6) is -0.398. The molecule has 32 heavy (non-hydrogen) atoms. The van der Waals surface area contributed by atoms with Crippen molar-refractivity contribution >= 4 is 12.1 Å². The topological polar surface area (TPSA) is 108 Å². The molecule has 0 aromatic heterocycles. The van der Waals surface area contributed by atoms with E-state index in [1.807, 2.05) is 24.3 Å². The van der Waals surface area contributed by atoms with E-state index >= 15 is 0 Å². The second-order valence-corrected chi connectivity index (χ2v) is 6.71. The molecule has 0 heterocycles. The highest BCUT2D eigenvalue weighted by Crippen LogP contribution is 2.28. The molecule has 0 aliphatic heterocycles. The van der Waals surface area contributed by atoms with Gasteiger partial charge in [-0.05, 0) is 47.0 Å². The van der Waals surface area contributed by atoms with E-state index in [4.69, 9.17) is 14.7 Å². The molecule has 0 radical (unpaired) electrons. The van der Waals surface area contributed by atoms with Gasteiger partial charge in [0.25, 0.3) is 5.91 Å². The number of nitriles is 2. The Morgan fingerprint density at radius 1 is 1.06 bits per heavy atom. The lowest BCUT2D eigenvalue weighted by Crippen LogP contribution is -2.24. The minimum Gasteiger partial charge on any atom is -0.493 e. The van der Waals surface area contributed by atoms with E-state index in [2.05, 4.69) is 16.6 Å². The van der Waals surface area contributed by atoms with Crippen molar-refractivity contribution < 1.29 is 14.3 Å². The lowest BCUT2D eigenvalue weighted by Gasteiger charge is -2.11. The third-order valence-electron chi connectivity index (χ3n) is 4.58. The highest BCUT2D eigenvalue weighted by Gasteiger charge is 2.19. The van der Waals surface area contributed by atoms with E-state index < -0.39 is 11.8 Å². The van der Waals surface area contributed by atoms with E-state index in [-0.39, 0.29) is 0 Å². The van der Waals surface area contributed by atoms with Crippen molar-refractivity contribution in [3.8, 4) is 23.6 Å². The zero-order valence-corrected chi connectivity index (χ0v) is 17.4. The molecular weight excluding hydrogens is 404 g/mol. The van der Waals surface area contributed by atoms with Crippen LogP contribution in [0.1, 0.15) is 28.2 Å². The number of nitrogens with zero attached hydrogens (tertiary/aromatic N) is 3. The second kappa shape index (κ2) is 11.0. The zero-order chi connectivity index (χ0) is 22.8. The van der Waals surface area contributed by atoms with E-state index in [0.29, 0.717) is 34.8 Å². The summed E-state index contributed by atoms with van der Waals surface area (Å²) >= 11 is 0. The van der Waals surface area contributed by atoms with Crippen molar-refractivity contribution in [2.75, 3.05) is 7.11 Å². The fourth-order valence-corrected chi connectivity index (χ4v) is 2.89. The van der Waals surface area contributed by atoms with Gasteiger partial charge in [-0.2, -0.15) is 15.6 Å². The Morgan fingerprint density at radius 3 is 2.47 bits per heavy atom. The Labute approximate surface area is 186 Å². The molecule has 1 amide bonds. The van der Waals surface area contributed by atoms with Gasteiger partial charge in [0.2, 0.25) is 0 Å². The molecule has 7 heteroatoms. The predicted octanol–water partition coefficient (Wildman–Crippen LogP) is 3.90. The predicted molar refractivity (Wildman–Crippen MR) is 119 cm³/mol. The Morgan fingerprint density at radius 2 is 1.81 bits per heavy atom. The molecule has 0 spiro atoms. The Kier molecular flexibility index (Phi) is 7.56. The van der Waals surface area contributed by atoms with Gasteiger partial charge in [-0.25, -0.2) is 5.43 Å². The van der Waals surface area contributed by atoms with Crippen LogP contribution in [-0.2, 0) is 11.4 Å². The first-order chi connectivity index (χ1) is 15.6. The van der Waals surface area contributed by atoms with Crippen LogP contribution < -0.4 is 14.9 Å². The summed E-state index contributed by atoms with van der Waals surface area (Å²) in [5.41, 5.74) is 5.20. The van der Waals surface area contributed by atoms with Crippen molar-refractivity contribution in [2.45, 2.75) is 12.5 Å². The molecule has 0 saturated carbocycles. The number of ether oxygens (including phenoxy) is 2. The molecule has 7 nitrogen and oxygen atoms in total. The number of hydrogen-bond acceptors (Lipinski definition) is 6. The number of methoxy groups -OCH3 is 1. The Balaban J connectivity index is 1.62. The maximum Gasteiger partial charge on any atom is 0.261 e. The number of carbonyl (C=O) groups excluding carboxylic acids is 1. The van der Waals surface area contributed by atoms with Crippen LogP contribution in [0.3, 0.4) is 0 Å². The second-order valence-electron chi connectivity index (χ2n) is 6.71. The van der Waals surface area contributed by atoms with Crippen molar-refractivity contribution in [2.24, 2.45) is 5.10 Å². The average Bonchev–Trinajstić information content (AvgIpc) is 2.84. The summed E-state index contributed by atoms with van der Waals surface area (Å²) in [6.07, 6.45) is 1.46. The molecule has 0 unspecified atom stereocenters. The van der Waals surface area contributed by atoms with Gasteiger partial charge in [0, 0.05) is 0 Å². The van der Waals surface area contributed by atoms with Gasteiger partial charge in [0.05, 0.1) is 31.0 Å². The molecule has 0 aliphatic rings. The van der Waals surface area contributed by atoms with Crippen LogP contribution >= 0.6 is 0 Å². The minimum absolute atomic E-state index is 0.320. The number of amides is 1. The van der Waals surface area contributed by atoms with E-state index in [9.17, 15) is 10.1 Å². The maximum atomic E-state index is 12.3. The Hall–Kier alpha value is -4.62. The molecular formula is C25H20N4O3. The standard InChI is InChI=1S/C25H20N4O3/c1-31-24-13-20(11-12-23(24)32-17-19-9-7-18(14-26)8-10-19)16-28-29-25(30)22(15-27)21-5-3-2-4-6-21/h2-13,16,22H,17H2,1H3,(H,29,30)/b28-16-/t22-/m1/s1. The van der Waals surface area contributed by atoms with Gasteiger partial charge >= 0.3 is 0 Å².